The first kappa shape index (κ1) is 12.3. The second-order valence-electron chi connectivity index (χ2n) is 2.79. The van der Waals surface area contributed by atoms with E-state index in [0.717, 1.165) is 17.5 Å². The third kappa shape index (κ3) is 3.37. The zero-order chi connectivity index (χ0) is 11.6. The summed E-state index contributed by atoms with van der Waals surface area (Å²) in [4.78, 5) is 31.7. The molecule has 0 amide bonds. The van der Waals surface area contributed by atoms with Crippen molar-refractivity contribution in [3.8, 4) is 0 Å². The van der Waals surface area contributed by atoms with Gasteiger partial charge < -0.3 is 20.6 Å². The molecule has 1 atom stereocenters. The number of aromatic nitrogens is 1. The maximum atomic E-state index is 10.8. The van der Waals surface area contributed by atoms with Gasteiger partial charge in [0.25, 0.3) is 0 Å². The van der Waals surface area contributed by atoms with Gasteiger partial charge in [-0.2, -0.15) is 0 Å². The monoisotopic (exact) mass is 252 g/mol. The van der Waals surface area contributed by atoms with Gasteiger partial charge in [0.1, 0.15) is 10.7 Å². The Morgan fingerprint density at radius 1 is 1.67 bits per heavy atom. The summed E-state index contributed by atoms with van der Waals surface area (Å²) in [6.07, 6.45) is 0.995. The molecule has 1 unspecified atom stereocenters. The molecule has 1 heterocycles. The van der Waals surface area contributed by atoms with Crippen molar-refractivity contribution >= 4 is 29.5 Å². The van der Waals surface area contributed by atoms with Crippen LogP contribution < -0.4 is 10.4 Å². The van der Waals surface area contributed by atoms with Crippen LogP contribution in [0.4, 0.5) is 0 Å². The van der Waals surface area contributed by atoms with Crippen molar-refractivity contribution in [2.45, 2.75) is 12.5 Å². The minimum atomic E-state index is -4.30. The van der Waals surface area contributed by atoms with Gasteiger partial charge in [0.15, 0.2) is 0 Å². The lowest BCUT2D eigenvalue weighted by Gasteiger charge is -2.01. The smallest absolute Gasteiger partial charge is 0.367 e. The topological polar surface area (TPSA) is 134 Å². The normalized spacial score (nSPS) is 13.8. The average molecular weight is 252 g/mol. The molecule has 0 spiro atoms. The SMILES string of the molecule is NC(Cc1ncc(P(=O)(O)O)s1)C(=O)O. The molecular formula is C6H9N2O5PS. The highest BCUT2D eigenvalue weighted by Crippen LogP contribution is 2.35. The lowest BCUT2D eigenvalue weighted by Crippen LogP contribution is -2.32. The first-order valence-electron chi connectivity index (χ1n) is 3.80. The van der Waals surface area contributed by atoms with E-state index in [-0.39, 0.29) is 11.0 Å². The van der Waals surface area contributed by atoms with Gasteiger partial charge in [0.05, 0.1) is 11.2 Å². The lowest BCUT2D eigenvalue weighted by molar-refractivity contribution is -0.138. The van der Waals surface area contributed by atoms with Gasteiger partial charge in [-0.3, -0.25) is 9.36 Å². The molecular weight excluding hydrogens is 243 g/mol. The maximum absolute atomic E-state index is 10.8. The maximum Gasteiger partial charge on any atom is 0.367 e. The molecule has 5 N–H and O–H groups in total. The third-order valence-corrected chi connectivity index (χ3v) is 4.04. The Morgan fingerprint density at radius 3 is 2.67 bits per heavy atom. The molecule has 15 heavy (non-hydrogen) atoms. The molecule has 0 bridgehead atoms. The van der Waals surface area contributed by atoms with Crippen molar-refractivity contribution in [3.05, 3.63) is 11.2 Å². The number of carboxylic acids is 1. The van der Waals surface area contributed by atoms with Crippen LogP contribution in [0, 0.1) is 0 Å². The number of nitrogens with zero attached hydrogens (tertiary/aromatic N) is 1. The molecule has 0 saturated carbocycles. The quantitative estimate of drug-likeness (QED) is 0.499. The standard InChI is InChI=1S/C6H9N2O5PS/c7-3(6(9)10)1-4-8-2-5(15-4)14(11,12)13/h2-3H,1,7H2,(H,9,10)(H2,11,12,13). The summed E-state index contributed by atoms with van der Waals surface area (Å²) < 4.78 is 10.6. The van der Waals surface area contributed by atoms with E-state index < -0.39 is 19.6 Å². The number of hydrogen-bond acceptors (Lipinski definition) is 5. The summed E-state index contributed by atoms with van der Waals surface area (Å²) in [7, 11) is -4.30. The number of rotatable bonds is 4. The Kier molecular flexibility index (Phi) is 3.58. The van der Waals surface area contributed by atoms with Crippen molar-refractivity contribution in [1.29, 1.82) is 0 Å². The van der Waals surface area contributed by atoms with E-state index in [1.807, 2.05) is 0 Å². The van der Waals surface area contributed by atoms with E-state index in [2.05, 4.69) is 4.98 Å². The Hall–Kier alpha value is -0.790. The molecule has 7 nitrogen and oxygen atoms in total. The second kappa shape index (κ2) is 4.38. The fraction of sp³-hybridized carbons (Fsp3) is 0.333. The number of aliphatic carboxylic acids is 1. The molecule has 1 aromatic heterocycles. The van der Waals surface area contributed by atoms with Crippen LogP contribution in [0.5, 0.6) is 0 Å². The predicted molar refractivity (Wildman–Crippen MR) is 53.1 cm³/mol. The van der Waals surface area contributed by atoms with Crippen molar-refractivity contribution in [1.82, 2.24) is 4.98 Å². The molecule has 0 fully saturated rings. The van der Waals surface area contributed by atoms with Crippen LogP contribution in [0.15, 0.2) is 6.20 Å². The van der Waals surface area contributed by atoms with Gasteiger partial charge in [-0.15, -0.1) is 11.3 Å². The van der Waals surface area contributed by atoms with Gasteiger partial charge in [0, 0.05) is 6.42 Å². The molecule has 1 aromatic rings. The first-order valence-corrected chi connectivity index (χ1v) is 6.23. The van der Waals surface area contributed by atoms with E-state index in [9.17, 15) is 9.36 Å². The zero-order valence-corrected chi connectivity index (χ0v) is 9.11. The third-order valence-electron chi connectivity index (χ3n) is 1.54. The summed E-state index contributed by atoms with van der Waals surface area (Å²) in [5, 5.41) is 8.80. The van der Waals surface area contributed by atoms with Gasteiger partial charge in [-0.25, -0.2) is 4.98 Å². The van der Waals surface area contributed by atoms with Crippen molar-refractivity contribution in [2.24, 2.45) is 5.73 Å². The van der Waals surface area contributed by atoms with Gasteiger partial charge >= 0.3 is 13.6 Å². The number of carboxylic acid groups (broad SMARTS) is 1. The Balaban J connectivity index is 2.78. The van der Waals surface area contributed by atoms with Crippen LogP contribution >= 0.6 is 18.9 Å². The van der Waals surface area contributed by atoms with Crippen LogP contribution in [0.3, 0.4) is 0 Å². The summed E-state index contributed by atoms with van der Waals surface area (Å²) in [6, 6.07) is -1.11. The molecule has 0 aromatic carbocycles. The Bertz CT molecular complexity index is 413. The molecule has 0 radical (unpaired) electrons. The molecule has 0 aliphatic heterocycles. The van der Waals surface area contributed by atoms with Crippen molar-refractivity contribution < 1.29 is 24.3 Å². The molecule has 0 saturated heterocycles. The molecule has 84 valence electrons. The largest absolute Gasteiger partial charge is 0.480 e. The van der Waals surface area contributed by atoms with Gasteiger partial charge in [-0.05, 0) is 0 Å². The first-order chi connectivity index (χ1) is 6.80. The van der Waals surface area contributed by atoms with Crippen LogP contribution in [0.2, 0.25) is 0 Å². The van der Waals surface area contributed by atoms with E-state index in [1.54, 1.807) is 0 Å². The lowest BCUT2D eigenvalue weighted by atomic mass is 10.2. The van der Waals surface area contributed by atoms with Gasteiger partial charge in [0.2, 0.25) is 0 Å². The van der Waals surface area contributed by atoms with Crippen LogP contribution in [0.25, 0.3) is 0 Å². The molecule has 1 rings (SSSR count). The summed E-state index contributed by atoms with van der Waals surface area (Å²) in [6.45, 7) is 0. The molecule has 0 aliphatic rings. The second-order valence-corrected chi connectivity index (χ2v) is 5.77. The average Bonchev–Trinajstić information content (AvgIpc) is 2.51. The van der Waals surface area contributed by atoms with E-state index in [4.69, 9.17) is 20.6 Å². The highest BCUT2D eigenvalue weighted by molar-refractivity contribution is 7.67. The predicted octanol–water partition coefficient (Wildman–Crippen LogP) is -1.10. The molecule has 9 heteroatoms. The summed E-state index contributed by atoms with van der Waals surface area (Å²) in [5.74, 6) is -1.18. The van der Waals surface area contributed by atoms with Crippen molar-refractivity contribution in [3.63, 3.8) is 0 Å². The zero-order valence-electron chi connectivity index (χ0n) is 7.40. The van der Waals surface area contributed by atoms with Crippen LogP contribution in [0.1, 0.15) is 5.01 Å². The van der Waals surface area contributed by atoms with Crippen LogP contribution in [-0.2, 0) is 15.8 Å². The summed E-state index contributed by atoms with van der Waals surface area (Å²) >= 11 is 0.768. The van der Waals surface area contributed by atoms with Crippen LogP contribution in [-0.4, -0.2) is 31.9 Å². The number of hydrogen-bond donors (Lipinski definition) is 4. The Morgan fingerprint density at radius 2 is 2.27 bits per heavy atom. The number of nitrogens with two attached hydrogens (primary N) is 1. The Labute approximate surface area is 88.7 Å². The highest BCUT2D eigenvalue weighted by Gasteiger charge is 2.22. The van der Waals surface area contributed by atoms with E-state index in [1.165, 1.54) is 0 Å². The minimum Gasteiger partial charge on any atom is -0.480 e. The van der Waals surface area contributed by atoms with E-state index in [0.29, 0.717) is 5.01 Å². The highest BCUT2D eigenvalue weighted by atomic mass is 32.1. The number of carbonyl (C=O) groups is 1. The van der Waals surface area contributed by atoms with E-state index >= 15 is 0 Å². The fourth-order valence-corrected chi connectivity index (χ4v) is 2.52. The number of thiazole rings is 1. The van der Waals surface area contributed by atoms with Crippen molar-refractivity contribution in [2.75, 3.05) is 0 Å². The van der Waals surface area contributed by atoms with Gasteiger partial charge in [-0.1, -0.05) is 0 Å². The summed E-state index contributed by atoms with van der Waals surface area (Å²) in [5.41, 5.74) is 5.24. The fourth-order valence-electron chi connectivity index (χ4n) is 0.805. The minimum absolute atomic E-state index is 0.0417. The molecule has 0 aliphatic carbocycles.